The SMILES string of the molecule is CCO[C@H]1C[C@@]2(CCOc3ccc(Cl)cn3)O[C@]1(C)[C@@H]1C(=O)N(c3ccc(C#N)c4ccccc34)C(=O)[C@@H]12. The highest BCUT2D eigenvalue weighted by Crippen LogP contribution is 2.63. The van der Waals surface area contributed by atoms with E-state index in [4.69, 9.17) is 25.8 Å². The van der Waals surface area contributed by atoms with Gasteiger partial charge < -0.3 is 14.2 Å². The van der Waals surface area contributed by atoms with E-state index in [1.165, 1.54) is 11.1 Å². The van der Waals surface area contributed by atoms with Crippen LogP contribution in [0, 0.1) is 23.2 Å². The van der Waals surface area contributed by atoms with E-state index in [-0.39, 0.29) is 24.5 Å². The Labute approximate surface area is 225 Å². The number of amides is 2. The summed E-state index contributed by atoms with van der Waals surface area (Å²) < 4.78 is 18.6. The molecule has 3 fully saturated rings. The van der Waals surface area contributed by atoms with Gasteiger partial charge in [-0.15, -0.1) is 0 Å². The number of nitriles is 1. The minimum absolute atomic E-state index is 0.244. The second-order valence-electron chi connectivity index (χ2n) is 10.2. The molecular formula is C29H26ClN3O5. The molecule has 38 heavy (non-hydrogen) atoms. The molecule has 5 atom stereocenters. The van der Waals surface area contributed by atoms with Gasteiger partial charge >= 0.3 is 0 Å². The van der Waals surface area contributed by atoms with Crippen LogP contribution in [0.25, 0.3) is 10.8 Å². The van der Waals surface area contributed by atoms with E-state index < -0.39 is 23.0 Å². The molecule has 0 N–H and O–H groups in total. The molecule has 2 bridgehead atoms. The normalized spacial score (nSPS) is 29.6. The van der Waals surface area contributed by atoms with Gasteiger partial charge in [0.15, 0.2) is 0 Å². The van der Waals surface area contributed by atoms with Crippen LogP contribution in [0.4, 0.5) is 5.69 Å². The Morgan fingerprint density at radius 3 is 2.61 bits per heavy atom. The van der Waals surface area contributed by atoms with Crippen molar-refractivity contribution in [2.45, 2.75) is 44.0 Å². The average Bonchev–Trinajstić information content (AvgIpc) is 3.46. The van der Waals surface area contributed by atoms with Gasteiger partial charge in [0, 0.05) is 42.5 Å². The number of hydrogen-bond acceptors (Lipinski definition) is 7. The largest absolute Gasteiger partial charge is 0.478 e. The quantitative estimate of drug-likeness (QED) is 0.408. The van der Waals surface area contributed by atoms with Gasteiger partial charge in [0.25, 0.3) is 0 Å². The van der Waals surface area contributed by atoms with Crippen molar-refractivity contribution in [3.8, 4) is 11.9 Å². The van der Waals surface area contributed by atoms with Crippen LogP contribution in [0.5, 0.6) is 5.88 Å². The first-order valence-electron chi connectivity index (χ1n) is 12.7. The number of fused-ring (bicyclic) bond motifs is 6. The van der Waals surface area contributed by atoms with Gasteiger partial charge in [-0.2, -0.15) is 5.26 Å². The second kappa shape index (κ2) is 9.05. The molecule has 0 saturated carbocycles. The summed E-state index contributed by atoms with van der Waals surface area (Å²) in [4.78, 5) is 33.7. The molecule has 2 aromatic carbocycles. The zero-order chi connectivity index (χ0) is 26.7. The summed E-state index contributed by atoms with van der Waals surface area (Å²) in [5.74, 6) is -1.54. The Balaban J connectivity index is 1.37. The maximum atomic E-state index is 14.1. The summed E-state index contributed by atoms with van der Waals surface area (Å²) in [7, 11) is 0. The van der Waals surface area contributed by atoms with Gasteiger partial charge in [0.1, 0.15) is 5.60 Å². The number of benzene rings is 2. The molecule has 3 aliphatic heterocycles. The molecule has 6 rings (SSSR count). The molecule has 3 saturated heterocycles. The summed E-state index contributed by atoms with van der Waals surface area (Å²) in [6.07, 6.45) is 2.04. The topological polar surface area (TPSA) is 102 Å². The number of aromatic nitrogens is 1. The smallest absolute Gasteiger partial charge is 0.240 e. The number of anilines is 1. The fourth-order valence-electron chi connectivity index (χ4n) is 6.62. The third-order valence-electron chi connectivity index (χ3n) is 8.19. The number of hydrogen-bond donors (Lipinski definition) is 0. The van der Waals surface area contributed by atoms with Crippen LogP contribution < -0.4 is 9.64 Å². The number of rotatable bonds is 7. The summed E-state index contributed by atoms with van der Waals surface area (Å²) in [6, 6.07) is 16.2. The van der Waals surface area contributed by atoms with Crippen LogP contribution in [0.1, 0.15) is 32.3 Å². The number of pyridine rings is 1. The predicted molar refractivity (Wildman–Crippen MR) is 140 cm³/mol. The van der Waals surface area contributed by atoms with Crippen LogP contribution in [-0.4, -0.2) is 47.3 Å². The van der Waals surface area contributed by atoms with Crippen LogP contribution in [-0.2, 0) is 19.1 Å². The molecule has 0 unspecified atom stereocenters. The second-order valence-corrected chi connectivity index (χ2v) is 10.6. The molecule has 0 radical (unpaired) electrons. The lowest BCUT2D eigenvalue weighted by atomic mass is 9.66. The van der Waals surface area contributed by atoms with E-state index in [0.29, 0.717) is 52.4 Å². The molecule has 4 heterocycles. The van der Waals surface area contributed by atoms with Gasteiger partial charge in [-0.25, -0.2) is 9.88 Å². The zero-order valence-electron chi connectivity index (χ0n) is 21.0. The van der Waals surface area contributed by atoms with E-state index in [1.807, 2.05) is 38.1 Å². The number of imide groups is 1. The fourth-order valence-corrected chi connectivity index (χ4v) is 6.73. The maximum absolute atomic E-state index is 14.1. The Kier molecular flexibility index (Phi) is 5.91. The van der Waals surface area contributed by atoms with Crippen LogP contribution >= 0.6 is 11.6 Å². The van der Waals surface area contributed by atoms with Crippen molar-refractivity contribution in [2.24, 2.45) is 11.8 Å². The van der Waals surface area contributed by atoms with E-state index in [1.54, 1.807) is 24.3 Å². The molecule has 9 heteroatoms. The molecule has 0 aliphatic carbocycles. The molecule has 8 nitrogen and oxygen atoms in total. The van der Waals surface area contributed by atoms with Crippen LogP contribution in [0.2, 0.25) is 5.02 Å². The van der Waals surface area contributed by atoms with Crippen molar-refractivity contribution in [3.63, 3.8) is 0 Å². The number of halogens is 1. The average molecular weight is 532 g/mol. The zero-order valence-corrected chi connectivity index (χ0v) is 21.8. The summed E-state index contributed by atoms with van der Waals surface area (Å²) in [5.41, 5.74) is -0.907. The number of nitrogens with zero attached hydrogens (tertiary/aromatic N) is 3. The van der Waals surface area contributed by atoms with E-state index in [9.17, 15) is 14.9 Å². The van der Waals surface area contributed by atoms with Crippen molar-refractivity contribution in [3.05, 3.63) is 65.3 Å². The third kappa shape index (κ3) is 3.53. The molecule has 3 aromatic rings. The van der Waals surface area contributed by atoms with Gasteiger partial charge in [0.2, 0.25) is 17.7 Å². The first-order valence-corrected chi connectivity index (χ1v) is 13.1. The summed E-state index contributed by atoms with van der Waals surface area (Å²) in [6.45, 7) is 4.50. The maximum Gasteiger partial charge on any atom is 0.240 e. The van der Waals surface area contributed by atoms with Crippen molar-refractivity contribution in [1.29, 1.82) is 5.26 Å². The van der Waals surface area contributed by atoms with E-state index in [2.05, 4.69) is 11.1 Å². The summed E-state index contributed by atoms with van der Waals surface area (Å²) in [5, 5.41) is 11.5. The number of ether oxygens (including phenoxy) is 3. The van der Waals surface area contributed by atoms with E-state index >= 15 is 0 Å². The Morgan fingerprint density at radius 1 is 1.13 bits per heavy atom. The van der Waals surface area contributed by atoms with Crippen molar-refractivity contribution >= 4 is 39.9 Å². The van der Waals surface area contributed by atoms with Gasteiger partial charge in [-0.3, -0.25) is 9.59 Å². The molecular weight excluding hydrogens is 506 g/mol. The van der Waals surface area contributed by atoms with Crippen molar-refractivity contribution in [1.82, 2.24) is 4.98 Å². The monoisotopic (exact) mass is 531 g/mol. The first kappa shape index (κ1) is 24.8. The molecule has 2 amide bonds. The molecule has 0 spiro atoms. The fraction of sp³-hybridized carbons (Fsp3) is 0.379. The van der Waals surface area contributed by atoms with Gasteiger partial charge in [-0.05, 0) is 32.0 Å². The predicted octanol–water partition coefficient (Wildman–Crippen LogP) is 4.67. The minimum Gasteiger partial charge on any atom is -0.478 e. The Morgan fingerprint density at radius 2 is 1.89 bits per heavy atom. The van der Waals surface area contributed by atoms with Crippen molar-refractivity contribution < 1.29 is 23.8 Å². The van der Waals surface area contributed by atoms with E-state index in [0.717, 1.165) is 0 Å². The first-order chi connectivity index (χ1) is 18.3. The molecule has 1 aromatic heterocycles. The van der Waals surface area contributed by atoms with Gasteiger partial charge in [-0.1, -0.05) is 35.9 Å². The lowest BCUT2D eigenvalue weighted by molar-refractivity contribution is -0.136. The van der Waals surface area contributed by atoms with Crippen LogP contribution in [0.15, 0.2) is 54.7 Å². The number of carbonyl (C=O) groups excluding carboxylic acids is 2. The molecule has 3 aliphatic rings. The standard InChI is InChI=1S/C29H26ClN3O5/c1-3-36-22-14-29(12-13-37-23-11-9-18(30)16-32-23)25-24(28(22,2)38-29)26(34)33(27(25)35)21-10-8-17(15-31)19-6-4-5-7-20(19)21/h4-11,16,22,24-25H,3,12-14H2,1-2H3/t22-,24-,25+,28-,29+/m0/s1. The summed E-state index contributed by atoms with van der Waals surface area (Å²) >= 11 is 5.93. The lowest BCUT2D eigenvalue weighted by Gasteiger charge is -2.35. The Bertz CT molecular complexity index is 1490. The third-order valence-corrected chi connectivity index (χ3v) is 8.41. The highest BCUT2D eigenvalue weighted by molar-refractivity contribution is 6.30. The van der Waals surface area contributed by atoms with Gasteiger partial charge in [0.05, 0.1) is 52.5 Å². The molecule has 194 valence electrons. The van der Waals surface area contributed by atoms with Crippen LogP contribution in [0.3, 0.4) is 0 Å². The Hall–Kier alpha value is -3.51. The lowest BCUT2D eigenvalue weighted by Crippen LogP contribution is -2.50. The number of carbonyl (C=O) groups is 2. The minimum atomic E-state index is -0.955. The van der Waals surface area contributed by atoms with Crippen molar-refractivity contribution in [2.75, 3.05) is 18.1 Å². The highest BCUT2D eigenvalue weighted by atomic mass is 35.5. The highest BCUT2D eigenvalue weighted by Gasteiger charge is 2.77.